The minimum absolute atomic E-state index is 0.104. The first kappa shape index (κ1) is 20.0. The van der Waals surface area contributed by atoms with Crippen molar-refractivity contribution in [1.82, 2.24) is 10.3 Å². The predicted octanol–water partition coefficient (Wildman–Crippen LogP) is 4.00. The van der Waals surface area contributed by atoms with Gasteiger partial charge in [-0.1, -0.05) is 43.3 Å². The van der Waals surface area contributed by atoms with Gasteiger partial charge < -0.3 is 10.1 Å². The molecule has 0 unspecified atom stereocenters. The first-order valence-electron chi connectivity index (χ1n) is 8.69. The fourth-order valence-corrected chi connectivity index (χ4v) is 3.19. The first-order chi connectivity index (χ1) is 12.5. The summed E-state index contributed by atoms with van der Waals surface area (Å²) in [5.74, 6) is -0.837. The van der Waals surface area contributed by atoms with E-state index in [9.17, 15) is 9.59 Å². The second-order valence-electron chi connectivity index (χ2n) is 5.93. The van der Waals surface area contributed by atoms with E-state index >= 15 is 0 Å². The van der Waals surface area contributed by atoms with Crippen LogP contribution in [0.15, 0.2) is 52.5 Å². The van der Waals surface area contributed by atoms with E-state index in [4.69, 9.17) is 4.74 Å². The Hall–Kier alpha value is -2.34. The Kier molecular flexibility index (Phi) is 7.66. The highest BCUT2D eigenvalue weighted by atomic mass is 32.2. The van der Waals surface area contributed by atoms with Crippen molar-refractivity contribution < 1.29 is 14.3 Å². The summed E-state index contributed by atoms with van der Waals surface area (Å²) in [6, 6.07) is 11.4. The van der Waals surface area contributed by atoms with E-state index < -0.39 is 5.97 Å². The van der Waals surface area contributed by atoms with E-state index in [2.05, 4.69) is 10.3 Å². The van der Waals surface area contributed by atoms with Gasteiger partial charge in [0.1, 0.15) is 5.03 Å². The molecule has 0 fully saturated rings. The maximum atomic E-state index is 12.4. The largest absolute Gasteiger partial charge is 0.452 e. The summed E-state index contributed by atoms with van der Waals surface area (Å²) in [7, 11) is 0. The zero-order chi connectivity index (χ0) is 18.9. The number of aryl methyl sites for hydroxylation is 1. The normalized spacial score (nSPS) is 10.6. The van der Waals surface area contributed by atoms with E-state index in [0.29, 0.717) is 10.6 Å². The molecule has 1 aromatic heterocycles. The quantitative estimate of drug-likeness (QED) is 0.709. The Morgan fingerprint density at radius 1 is 1.15 bits per heavy atom. The molecule has 26 heavy (non-hydrogen) atoms. The number of aromatic nitrogens is 1. The first-order valence-corrected chi connectivity index (χ1v) is 9.51. The maximum Gasteiger partial charge on any atom is 0.341 e. The van der Waals surface area contributed by atoms with Gasteiger partial charge in [0.2, 0.25) is 0 Å². The van der Waals surface area contributed by atoms with Gasteiger partial charge in [0, 0.05) is 17.1 Å². The molecular weight excluding hydrogens is 348 g/mol. The van der Waals surface area contributed by atoms with Gasteiger partial charge >= 0.3 is 5.97 Å². The summed E-state index contributed by atoms with van der Waals surface area (Å²) in [6.45, 7) is 5.74. The number of benzene rings is 1. The number of carbonyl (C=O) groups is 2. The molecule has 5 nitrogen and oxygen atoms in total. The number of nitrogens with one attached hydrogen (secondary N) is 1. The highest BCUT2D eigenvalue weighted by Gasteiger charge is 2.17. The van der Waals surface area contributed by atoms with Crippen molar-refractivity contribution in [1.29, 1.82) is 0 Å². The van der Waals surface area contributed by atoms with Crippen molar-refractivity contribution >= 4 is 23.6 Å². The van der Waals surface area contributed by atoms with Crippen LogP contribution in [0.3, 0.4) is 0 Å². The Morgan fingerprint density at radius 2 is 1.85 bits per heavy atom. The van der Waals surface area contributed by atoms with E-state index in [1.165, 1.54) is 17.3 Å². The van der Waals surface area contributed by atoms with E-state index in [1.807, 2.05) is 45.0 Å². The standard InChI is InChI=1S/C20H24N2O3S/c1-4-15(5-2)22-18(23)13-25-20(24)17-7-6-12-21-19(17)26-16-10-8-14(3)9-11-16/h6-12,15H,4-5,13H2,1-3H3,(H,22,23). The molecular formula is C20H24N2O3S. The van der Waals surface area contributed by atoms with Crippen molar-refractivity contribution in [2.75, 3.05) is 6.61 Å². The number of rotatable bonds is 8. The maximum absolute atomic E-state index is 12.4. The highest BCUT2D eigenvalue weighted by molar-refractivity contribution is 7.99. The summed E-state index contributed by atoms with van der Waals surface area (Å²) in [5, 5.41) is 3.40. The molecule has 0 aliphatic heterocycles. The fraction of sp³-hybridized carbons (Fsp3) is 0.350. The lowest BCUT2D eigenvalue weighted by Gasteiger charge is -2.14. The number of hydrogen-bond donors (Lipinski definition) is 1. The molecule has 0 aliphatic rings. The van der Waals surface area contributed by atoms with Crippen molar-refractivity contribution in [3.63, 3.8) is 0 Å². The minimum Gasteiger partial charge on any atom is -0.452 e. The summed E-state index contributed by atoms with van der Waals surface area (Å²) in [6.07, 6.45) is 3.32. The van der Waals surface area contributed by atoms with Crippen LogP contribution in [0, 0.1) is 6.92 Å². The second kappa shape index (κ2) is 9.97. The number of ether oxygens (including phenoxy) is 1. The van der Waals surface area contributed by atoms with Gasteiger partial charge in [0.15, 0.2) is 6.61 Å². The van der Waals surface area contributed by atoms with Crippen LogP contribution >= 0.6 is 11.8 Å². The van der Waals surface area contributed by atoms with Crippen molar-refractivity contribution in [2.24, 2.45) is 0 Å². The summed E-state index contributed by atoms with van der Waals surface area (Å²) in [5.41, 5.74) is 1.52. The number of carbonyl (C=O) groups excluding carboxylic acids is 2. The second-order valence-corrected chi connectivity index (χ2v) is 6.99. The van der Waals surface area contributed by atoms with Crippen LogP contribution in [0.4, 0.5) is 0 Å². The topological polar surface area (TPSA) is 68.3 Å². The molecule has 0 bridgehead atoms. The van der Waals surface area contributed by atoms with Crippen LogP contribution in [-0.2, 0) is 9.53 Å². The number of hydrogen-bond acceptors (Lipinski definition) is 5. The molecule has 0 spiro atoms. The Balaban J connectivity index is 2.00. The summed E-state index contributed by atoms with van der Waals surface area (Å²) >= 11 is 1.39. The number of nitrogens with zero attached hydrogens (tertiary/aromatic N) is 1. The minimum atomic E-state index is -0.549. The lowest BCUT2D eigenvalue weighted by Crippen LogP contribution is -2.36. The molecule has 1 amide bonds. The third-order valence-corrected chi connectivity index (χ3v) is 4.94. The van der Waals surface area contributed by atoms with Crippen molar-refractivity contribution in [2.45, 2.75) is 49.6 Å². The van der Waals surface area contributed by atoms with Crippen LogP contribution in [-0.4, -0.2) is 29.5 Å². The lowest BCUT2D eigenvalue weighted by atomic mass is 10.2. The molecule has 1 heterocycles. The molecule has 138 valence electrons. The van der Waals surface area contributed by atoms with Gasteiger partial charge in [-0.05, 0) is 44.0 Å². The third kappa shape index (κ3) is 5.88. The number of amides is 1. The van der Waals surface area contributed by atoms with Gasteiger partial charge in [-0.15, -0.1) is 0 Å². The predicted molar refractivity (Wildman–Crippen MR) is 102 cm³/mol. The average Bonchev–Trinajstić information content (AvgIpc) is 2.66. The van der Waals surface area contributed by atoms with Gasteiger partial charge in [-0.2, -0.15) is 0 Å². The molecule has 6 heteroatoms. The Bertz CT molecular complexity index is 743. The summed E-state index contributed by atoms with van der Waals surface area (Å²) < 4.78 is 5.17. The lowest BCUT2D eigenvalue weighted by molar-refractivity contribution is -0.125. The van der Waals surface area contributed by atoms with Crippen molar-refractivity contribution in [3.05, 3.63) is 53.7 Å². The SMILES string of the molecule is CCC(CC)NC(=O)COC(=O)c1cccnc1Sc1ccc(C)cc1. The van der Waals surface area contributed by atoms with E-state index in [1.54, 1.807) is 18.3 Å². The van der Waals surface area contributed by atoms with Crippen LogP contribution in [0.1, 0.15) is 42.6 Å². The molecule has 0 saturated carbocycles. The average molecular weight is 372 g/mol. The van der Waals surface area contributed by atoms with Crippen LogP contribution in [0.5, 0.6) is 0 Å². The van der Waals surface area contributed by atoms with Crippen LogP contribution in [0.25, 0.3) is 0 Å². The Morgan fingerprint density at radius 3 is 2.50 bits per heavy atom. The van der Waals surface area contributed by atoms with E-state index in [0.717, 1.165) is 17.7 Å². The molecule has 0 radical (unpaired) electrons. The molecule has 0 saturated heterocycles. The molecule has 0 atom stereocenters. The number of pyridine rings is 1. The number of esters is 1. The van der Waals surface area contributed by atoms with Crippen LogP contribution in [0.2, 0.25) is 0 Å². The smallest absolute Gasteiger partial charge is 0.341 e. The monoisotopic (exact) mass is 372 g/mol. The van der Waals surface area contributed by atoms with Gasteiger partial charge in [0.05, 0.1) is 5.56 Å². The molecule has 1 aromatic carbocycles. The van der Waals surface area contributed by atoms with Crippen LogP contribution < -0.4 is 5.32 Å². The zero-order valence-electron chi connectivity index (χ0n) is 15.3. The Labute approximate surface area is 158 Å². The highest BCUT2D eigenvalue weighted by Crippen LogP contribution is 2.29. The third-order valence-electron chi connectivity index (χ3n) is 3.91. The fourth-order valence-electron chi connectivity index (χ4n) is 2.32. The molecule has 1 N–H and O–H groups in total. The molecule has 0 aliphatic carbocycles. The van der Waals surface area contributed by atoms with Gasteiger partial charge in [-0.3, -0.25) is 4.79 Å². The summed E-state index contributed by atoms with van der Waals surface area (Å²) in [4.78, 5) is 29.6. The molecule has 2 rings (SSSR count). The van der Waals surface area contributed by atoms with Gasteiger partial charge in [-0.25, -0.2) is 9.78 Å². The molecule has 2 aromatic rings. The van der Waals surface area contributed by atoms with Crippen molar-refractivity contribution in [3.8, 4) is 0 Å². The zero-order valence-corrected chi connectivity index (χ0v) is 16.1. The van der Waals surface area contributed by atoms with E-state index in [-0.39, 0.29) is 18.6 Å². The van der Waals surface area contributed by atoms with Gasteiger partial charge in [0.25, 0.3) is 5.91 Å².